The molecule has 1 fully saturated rings. The van der Waals surface area contributed by atoms with Crippen molar-refractivity contribution in [1.82, 2.24) is 9.21 Å². The van der Waals surface area contributed by atoms with Gasteiger partial charge >= 0.3 is 0 Å². The molecule has 0 saturated carbocycles. The van der Waals surface area contributed by atoms with Crippen molar-refractivity contribution in [3.63, 3.8) is 0 Å². The number of fused-ring (bicyclic) bond motifs is 1. The monoisotopic (exact) mass is 456 g/mol. The van der Waals surface area contributed by atoms with Gasteiger partial charge in [-0.05, 0) is 36.6 Å². The SMILES string of the molecule is CN(C[C@H]1COc2ccccc2O1)C(=O)C1CCN(S(=O)(=O)/C=C/c2ccccc2)CC1. The van der Waals surface area contributed by atoms with E-state index in [0.717, 1.165) is 5.56 Å². The molecule has 0 unspecified atom stereocenters. The van der Waals surface area contributed by atoms with Gasteiger partial charge in [-0.15, -0.1) is 0 Å². The maximum atomic E-state index is 12.9. The number of rotatable bonds is 6. The quantitative estimate of drug-likeness (QED) is 0.668. The summed E-state index contributed by atoms with van der Waals surface area (Å²) in [5, 5.41) is 1.24. The zero-order chi connectivity index (χ0) is 22.6. The topological polar surface area (TPSA) is 76.2 Å². The molecular weight excluding hydrogens is 428 g/mol. The van der Waals surface area contributed by atoms with E-state index in [2.05, 4.69) is 0 Å². The van der Waals surface area contributed by atoms with E-state index >= 15 is 0 Å². The van der Waals surface area contributed by atoms with Crippen LogP contribution in [0.4, 0.5) is 0 Å². The first-order chi connectivity index (χ1) is 15.4. The van der Waals surface area contributed by atoms with Gasteiger partial charge in [0.15, 0.2) is 17.6 Å². The zero-order valence-electron chi connectivity index (χ0n) is 18.1. The number of carbonyl (C=O) groups is 1. The number of para-hydroxylation sites is 2. The molecule has 2 aromatic rings. The van der Waals surface area contributed by atoms with Crippen LogP contribution < -0.4 is 9.47 Å². The van der Waals surface area contributed by atoms with Crippen LogP contribution in [-0.2, 0) is 14.8 Å². The zero-order valence-corrected chi connectivity index (χ0v) is 18.9. The molecule has 0 aromatic heterocycles. The first kappa shape index (κ1) is 22.4. The molecule has 0 radical (unpaired) electrons. The highest BCUT2D eigenvalue weighted by Gasteiger charge is 2.32. The van der Waals surface area contributed by atoms with Crippen molar-refractivity contribution in [3.05, 3.63) is 65.6 Å². The molecule has 8 heteroatoms. The van der Waals surface area contributed by atoms with Crippen molar-refractivity contribution in [2.45, 2.75) is 18.9 Å². The first-order valence-electron chi connectivity index (χ1n) is 10.8. The molecule has 1 saturated heterocycles. The Morgan fingerprint density at radius 3 is 2.44 bits per heavy atom. The first-order valence-corrected chi connectivity index (χ1v) is 12.3. The predicted molar refractivity (Wildman–Crippen MR) is 123 cm³/mol. The minimum absolute atomic E-state index is 0.0179. The molecule has 2 heterocycles. The van der Waals surface area contributed by atoms with Crippen molar-refractivity contribution in [3.8, 4) is 11.5 Å². The number of likely N-dealkylation sites (N-methyl/N-ethyl adjacent to an activating group) is 1. The highest BCUT2D eigenvalue weighted by Crippen LogP contribution is 2.31. The lowest BCUT2D eigenvalue weighted by molar-refractivity contribution is -0.136. The summed E-state index contributed by atoms with van der Waals surface area (Å²) >= 11 is 0. The van der Waals surface area contributed by atoms with Crippen LogP contribution in [0.3, 0.4) is 0 Å². The second-order valence-electron chi connectivity index (χ2n) is 8.15. The smallest absolute Gasteiger partial charge is 0.236 e. The normalized spacial score (nSPS) is 19.7. The van der Waals surface area contributed by atoms with Gasteiger partial charge in [-0.3, -0.25) is 4.79 Å². The molecular formula is C24H28N2O5S. The third-order valence-corrected chi connectivity index (χ3v) is 7.38. The van der Waals surface area contributed by atoms with Crippen molar-refractivity contribution >= 4 is 22.0 Å². The van der Waals surface area contributed by atoms with E-state index in [1.54, 1.807) is 18.0 Å². The van der Waals surface area contributed by atoms with E-state index in [9.17, 15) is 13.2 Å². The number of nitrogens with zero attached hydrogens (tertiary/aromatic N) is 2. The van der Waals surface area contributed by atoms with Gasteiger partial charge in [0.05, 0.1) is 6.54 Å². The number of benzene rings is 2. The van der Waals surface area contributed by atoms with E-state index < -0.39 is 10.0 Å². The Balaban J connectivity index is 1.28. The number of hydrogen-bond acceptors (Lipinski definition) is 5. The van der Waals surface area contributed by atoms with Crippen LogP contribution in [0.2, 0.25) is 0 Å². The summed E-state index contributed by atoms with van der Waals surface area (Å²) in [6.45, 7) is 1.48. The van der Waals surface area contributed by atoms with Crippen LogP contribution in [0, 0.1) is 5.92 Å². The molecule has 0 N–H and O–H groups in total. The van der Waals surface area contributed by atoms with Gasteiger partial charge in [-0.25, -0.2) is 8.42 Å². The summed E-state index contributed by atoms with van der Waals surface area (Å²) in [6, 6.07) is 16.8. The average molecular weight is 457 g/mol. The Morgan fingerprint density at radius 2 is 1.72 bits per heavy atom. The van der Waals surface area contributed by atoms with Crippen LogP contribution >= 0.6 is 0 Å². The van der Waals surface area contributed by atoms with Crippen LogP contribution in [0.15, 0.2) is 60.0 Å². The fourth-order valence-electron chi connectivity index (χ4n) is 4.03. The Morgan fingerprint density at radius 1 is 1.06 bits per heavy atom. The molecule has 32 heavy (non-hydrogen) atoms. The van der Waals surface area contributed by atoms with Crippen molar-refractivity contribution in [2.24, 2.45) is 5.92 Å². The van der Waals surface area contributed by atoms with Gasteiger partial charge < -0.3 is 14.4 Å². The van der Waals surface area contributed by atoms with E-state index in [1.165, 1.54) is 9.71 Å². The Kier molecular flexibility index (Phi) is 6.81. The summed E-state index contributed by atoms with van der Waals surface area (Å²) in [7, 11) is -1.75. The lowest BCUT2D eigenvalue weighted by atomic mass is 9.96. The number of hydrogen-bond donors (Lipinski definition) is 0. The number of sulfonamides is 1. The minimum atomic E-state index is -3.51. The molecule has 0 spiro atoms. The van der Waals surface area contributed by atoms with Crippen LogP contribution in [0.25, 0.3) is 6.08 Å². The second kappa shape index (κ2) is 9.75. The largest absolute Gasteiger partial charge is 0.486 e. The number of carbonyl (C=O) groups excluding carboxylic acids is 1. The number of ether oxygens (including phenoxy) is 2. The summed E-state index contributed by atoms with van der Waals surface area (Å²) in [5.74, 6) is 1.23. The van der Waals surface area contributed by atoms with E-state index in [-0.39, 0.29) is 17.9 Å². The molecule has 2 aromatic carbocycles. The Bertz CT molecular complexity index is 1060. The second-order valence-corrected chi connectivity index (χ2v) is 9.97. The molecule has 1 atom stereocenters. The molecule has 1 amide bonds. The lowest BCUT2D eigenvalue weighted by Crippen LogP contribution is -2.46. The Hall–Kier alpha value is -2.84. The molecule has 170 valence electrons. The van der Waals surface area contributed by atoms with Crippen LogP contribution in [0.5, 0.6) is 11.5 Å². The summed E-state index contributed by atoms with van der Waals surface area (Å²) in [6.07, 6.45) is 2.38. The highest BCUT2D eigenvalue weighted by molar-refractivity contribution is 7.92. The van der Waals surface area contributed by atoms with Crippen molar-refractivity contribution < 1.29 is 22.7 Å². The summed E-state index contributed by atoms with van der Waals surface area (Å²) in [5.41, 5.74) is 0.833. The van der Waals surface area contributed by atoms with Gasteiger partial charge in [0.1, 0.15) is 6.61 Å². The van der Waals surface area contributed by atoms with Crippen LogP contribution in [0.1, 0.15) is 18.4 Å². The summed E-state index contributed by atoms with van der Waals surface area (Å²) in [4.78, 5) is 14.6. The molecule has 2 aliphatic rings. The minimum Gasteiger partial charge on any atom is -0.486 e. The lowest BCUT2D eigenvalue weighted by Gasteiger charge is -2.34. The fraction of sp³-hybridized carbons (Fsp3) is 0.375. The van der Waals surface area contributed by atoms with E-state index in [1.807, 2.05) is 54.6 Å². The predicted octanol–water partition coefficient (Wildman–Crippen LogP) is 3.00. The molecule has 7 nitrogen and oxygen atoms in total. The maximum absolute atomic E-state index is 12.9. The van der Waals surface area contributed by atoms with Gasteiger partial charge in [0, 0.05) is 31.5 Å². The molecule has 4 rings (SSSR count). The summed E-state index contributed by atoms with van der Waals surface area (Å²) < 4.78 is 38.4. The van der Waals surface area contributed by atoms with Gasteiger partial charge in [-0.2, -0.15) is 4.31 Å². The third-order valence-electron chi connectivity index (χ3n) is 5.82. The van der Waals surface area contributed by atoms with Gasteiger partial charge in [-0.1, -0.05) is 42.5 Å². The molecule has 2 aliphatic heterocycles. The molecule has 0 bridgehead atoms. The fourth-order valence-corrected chi connectivity index (χ4v) is 5.25. The molecule has 0 aliphatic carbocycles. The van der Waals surface area contributed by atoms with Gasteiger partial charge in [0.2, 0.25) is 15.9 Å². The maximum Gasteiger partial charge on any atom is 0.236 e. The van der Waals surface area contributed by atoms with Crippen molar-refractivity contribution in [2.75, 3.05) is 33.3 Å². The number of piperidine rings is 1. The standard InChI is InChI=1S/C24H28N2O5S/c1-25(17-21-18-30-22-9-5-6-10-23(22)31-21)24(27)20-11-14-26(15-12-20)32(28,29)16-13-19-7-3-2-4-8-19/h2-10,13,16,20-21H,11-12,14-15,17-18H2,1H3/b16-13+/t21-/m0/s1. The highest BCUT2D eigenvalue weighted by atomic mass is 32.2. The van der Waals surface area contributed by atoms with Crippen molar-refractivity contribution in [1.29, 1.82) is 0 Å². The average Bonchev–Trinajstić information content (AvgIpc) is 2.83. The van der Waals surface area contributed by atoms with E-state index in [4.69, 9.17) is 9.47 Å². The third kappa shape index (κ3) is 5.31. The Labute approximate surface area is 189 Å². The van der Waals surface area contributed by atoms with E-state index in [0.29, 0.717) is 50.6 Å². The number of amides is 1. The van der Waals surface area contributed by atoms with Gasteiger partial charge in [0.25, 0.3) is 0 Å². The van der Waals surface area contributed by atoms with Crippen LogP contribution in [-0.4, -0.2) is 62.9 Å².